The molecule has 30 heavy (non-hydrogen) atoms. The third-order valence-corrected chi connectivity index (χ3v) is 6.17. The molecule has 7 nitrogen and oxygen atoms in total. The van der Waals surface area contributed by atoms with E-state index in [2.05, 4.69) is 27.2 Å². The number of carbonyl (C=O) groups excluding carboxylic acids is 1. The van der Waals surface area contributed by atoms with Crippen LogP contribution in [-0.4, -0.2) is 71.4 Å². The summed E-state index contributed by atoms with van der Waals surface area (Å²) in [5.74, 6) is 1.30. The fourth-order valence-corrected chi connectivity index (χ4v) is 4.66. The zero-order valence-electron chi connectivity index (χ0n) is 18.1. The van der Waals surface area contributed by atoms with Crippen LogP contribution in [0, 0.1) is 0 Å². The number of rotatable bonds is 5. The minimum Gasteiger partial charge on any atom is -0.497 e. The van der Waals surface area contributed by atoms with Crippen molar-refractivity contribution >= 4 is 5.91 Å². The molecular weight excluding hydrogens is 380 g/mol. The summed E-state index contributed by atoms with van der Waals surface area (Å²) < 4.78 is 11.0. The average molecular weight is 413 g/mol. The molecule has 1 N–H and O–H groups in total. The Labute approximate surface area is 178 Å². The number of likely N-dealkylation sites (tertiary alicyclic amines) is 1. The Hall–Kier alpha value is -2.38. The number of aromatic amines is 1. The second kappa shape index (κ2) is 9.18. The van der Waals surface area contributed by atoms with Gasteiger partial charge in [0.2, 0.25) is 0 Å². The summed E-state index contributed by atoms with van der Waals surface area (Å²) in [6, 6.07) is 8.28. The molecule has 2 atom stereocenters. The van der Waals surface area contributed by atoms with E-state index >= 15 is 0 Å². The van der Waals surface area contributed by atoms with Gasteiger partial charge in [0, 0.05) is 25.6 Å². The number of piperidine rings is 1. The predicted molar refractivity (Wildman–Crippen MR) is 115 cm³/mol. The highest BCUT2D eigenvalue weighted by Gasteiger charge is 2.31. The largest absolute Gasteiger partial charge is 0.497 e. The number of benzene rings is 1. The van der Waals surface area contributed by atoms with Gasteiger partial charge in [0.15, 0.2) is 0 Å². The van der Waals surface area contributed by atoms with Gasteiger partial charge in [0.05, 0.1) is 36.8 Å². The molecule has 162 valence electrons. The number of hydrogen-bond donors (Lipinski definition) is 1. The van der Waals surface area contributed by atoms with Crippen LogP contribution in [0.4, 0.5) is 0 Å². The molecule has 7 heteroatoms. The molecule has 0 bridgehead atoms. The molecular formula is C23H32N4O3. The second-order valence-electron chi connectivity index (χ2n) is 8.56. The third-order valence-electron chi connectivity index (χ3n) is 6.17. The van der Waals surface area contributed by atoms with Crippen molar-refractivity contribution in [3.05, 3.63) is 47.3 Å². The van der Waals surface area contributed by atoms with Crippen LogP contribution in [0.1, 0.15) is 54.2 Å². The highest BCUT2D eigenvalue weighted by Crippen LogP contribution is 2.30. The lowest BCUT2D eigenvalue weighted by Gasteiger charge is -2.36. The van der Waals surface area contributed by atoms with E-state index in [1.165, 1.54) is 5.56 Å². The molecule has 2 aromatic rings. The molecule has 0 spiro atoms. The lowest BCUT2D eigenvalue weighted by atomic mass is 9.90. The molecule has 1 aromatic carbocycles. The van der Waals surface area contributed by atoms with E-state index in [0.29, 0.717) is 19.0 Å². The number of carbonyl (C=O) groups is 1. The first-order chi connectivity index (χ1) is 14.5. The summed E-state index contributed by atoms with van der Waals surface area (Å²) in [7, 11) is 1.69. The number of morpholine rings is 1. The number of hydrogen-bond acceptors (Lipinski definition) is 5. The molecule has 1 amide bonds. The van der Waals surface area contributed by atoms with Crippen LogP contribution in [0.5, 0.6) is 5.75 Å². The fraction of sp³-hybridized carbons (Fsp3) is 0.565. The number of ether oxygens (including phenoxy) is 2. The van der Waals surface area contributed by atoms with E-state index in [4.69, 9.17) is 9.47 Å². The molecule has 2 fully saturated rings. The topological polar surface area (TPSA) is 70.7 Å². The van der Waals surface area contributed by atoms with Crippen LogP contribution in [0.15, 0.2) is 30.5 Å². The van der Waals surface area contributed by atoms with Gasteiger partial charge in [-0.15, -0.1) is 0 Å². The van der Waals surface area contributed by atoms with Crippen molar-refractivity contribution in [1.29, 1.82) is 0 Å². The number of nitrogens with one attached hydrogen (secondary N) is 1. The van der Waals surface area contributed by atoms with Crippen molar-refractivity contribution in [3.8, 4) is 5.75 Å². The van der Waals surface area contributed by atoms with Gasteiger partial charge in [-0.1, -0.05) is 12.1 Å². The van der Waals surface area contributed by atoms with Crippen LogP contribution < -0.4 is 4.74 Å². The summed E-state index contributed by atoms with van der Waals surface area (Å²) in [6.45, 7) is 8.26. The minimum absolute atomic E-state index is 0.0641. The van der Waals surface area contributed by atoms with E-state index in [1.807, 2.05) is 30.9 Å². The number of aromatic nitrogens is 2. The van der Waals surface area contributed by atoms with Crippen LogP contribution in [-0.2, 0) is 11.3 Å². The maximum Gasteiger partial charge on any atom is 0.257 e. The van der Waals surface area contributed by atoms with Gasteiger partial charge in [-0.2, -0.15) is 5.10 Å². The standard InChI is InChI=1S/C23H32N4O3/c1-16-13-27(14-17(2)30-16)23(28)21-12-24-25-22(21)19-8-10-26(11-9-19)15-18-4-6-20(29-3)7-5-18/h4-7,12,16-17,19H,8-11,13-15H2,1-3H3,(H,24,25). The number of methoxy groups -OCH3 is 1. The number of nitrogens with zero attached hydrogens (tertiary/aromatic N) is 3. The Morgan fingerprint density at radius 1 is 1.17 bits per heavy atom. The Bertz CT molecular complexity index is 832. The lowest BCUT2D eigenvalue weighted by molar-refractivity contribution is -0.0586. The van der Waals surface area contributed by atoms with E-state index in [9.17, 15) is 4.79 Å². The molecule has 0 radical (unpaired) electrons. The monoisotopic (exact) mass is 412 g/mol. The zero-order chi connectivity index (χ0) is 21.1. The maximum absolute atomic E-state index is 13.2. The molecule has 0 saturated carbocycles. The van der Waals surface area contributed by atoms with Gasteiger partial charge >= 0.3 is 0 Å². The minimum atomic E-state index is 0.0641. The molecule has 1 aromatic heterocycles. The van der Waals surface area contributed by atoms with Crippen molar-refractivity contribution in [2.24, 2.45) is 0 Å². The first-order valence-corrected chi connectivity index (χ1v) is 10.9. The first kappa shape index (κ1) is 20.9. The quantitative estimate of drug-likeness (QED) is 0.817. The van der Waals surface area contributed by atoms with Crippen molar-refractivity contribution in [2.75, 3.05) is 33.3 Å². The van der Waals surface area contributed by atoms with Gasteiger partial charge in [0.1, 0.15) is 5.75 Å². The highest BCUT2D eigenvalue weighted by atomic mass is 16.5. The van der Waals surface area contributed by atoms with Crippen molar-refractivity contribution in [1.82, 2.24) is 20.0 Å². The van der Waals surface area contributed by atoms with E-state index in [-0.39, 0.29) is 18.1 Å². The molecule has 4 rings (SSSR count). The van der Waals surface area contributed by atoms with Gasteiger partial charge in [-0.05, 0) is 57.5 Å². The number of amides is 1. The van der Waals surface area contributed by atoms with E-state index in [1.54, 1.807) is 13.3 Å². The van der Waals surface area contributed by atoms with Crippen LogP contribution in [0.2, 0.25) is 0 Å². The summed E-state index contributed by atoms with van der Waals surface area (Å²) >= 11 is 0. The smallest absolute Gasteiger partial charge is 0.257 e. The molecule has 2 aliphatic rings. The average Bonchev–Trinajstić information content (AvgIpc) is 3.23. The first-order valence-electron chi connectivity index (χ1n) is 10.9. The SMILES string of the molecule is COc1ccc(CN2CCC(c3[nH]ncc3C(=O)N3CC(C)OC(C)C3)CC2)cc1. The molecule has 2 saturated heterocycles. The van der Waals surface area contributed by atoms with Gasteiger partial charge < -0.3 is 14.4 Å². The Morgan fingerprint density at radius 2 is 1.83 bits per heavy atom. The molecule has 0 aliphatic carbocycles. The summed E-state index contributed by atoms with van der Waals surface area (Å²) in [5.41, 5.74) is 3.02. The number of H-pyrrole nitrogens is 1. The highest BCUT2D eigenvalue weighted by molar-refractivity contribution is 5.95. The van der Waals surface area contributed by atoms with Crippen molar-refractivity contribution in [2.45, 2.75) is 51.4 Å². The Balaban J connectivity index is 1.36. The van der Waals surface area contributed by atoms with Crippen LogP contribution in [0.3, 0.4) is 0 Å². The fourth-order valence-electron chi connectivity index (χ4n) is 4.66. The summed E-state index contributed by atoms with van der Waals surface area (Å²) in [6.07, 6.45) is 3.87. The van der Waals surface area contributed by atoms with Crippen LogP contribution in [0.25, 0.3) is 0 Å². The molecule has 2 unspecified atom stereocenters. The van der Waals surface area contributed by atoms with Crippen LogP contribution >= 0.6 is 0 Å². The molecule has 2 aliphatic heterocycles. The summed E-state index contributed by atoms with van der Waals surface area (Å²) in [5, 5.41) is 7.36. The van der Waals surface area contributed by atoms with E-state index in [0.717, 1.165) is 49.5 Å². The molecule has 3 heterocycles. The normalized spacial score (nSPS) is 23.5. The van der Waals surface area contributed by atoms with Gasteiger partial charge in [-0.25, -0.2) is 0 Å². The second-order valence-corrected chi connectivity index (χ2v) is 8.56. The Kier molecular flexibility index (Phi) is 6.39. The van der Waals surface area contributed by atoms with E-state index < -0.39 is 0 Å². The Morgan fingerprint density at radius 3 is 2.47 bits per heavy atom. The summed E-state index contributed by atoms with van der Waals surface area (Å²) in [4.78, 5) is 17.5. The lowest BCUT2D eigenvalue weighted by Crippen LogP contribution is -2.48. The third kappa shape index (κ3) is 4.68. The zero-order valence-corrected chi connectivity index (χ0v) is 18.1. The maximum atomic E-state index is 13.2. The van der Waals surface area contributed by atoms with Crippen molar-refractivity contribution < 1.29 is 14.3 Å². The van der Waals surface area contributed by atoms with Gasteiger partial charge in [0.25, 0.3) is 5.91 Å². The van der Waals surface area contributed by atoms with Gasteiger partial charge in [-0.3, -0.25) is 14.8 Å². The predicted octanol–water partition coefficient (Wildman–Crippen LogP) is 3.05. The van der Waals surface area contributed by atoms with Crippen molar-refractivity contribution in [3.63, 3.8) is 0 Å².